The molecule has 7 nitrogen and oxygen atoms in total. The van der Waals surface area contributed by atoms with Crippen molar-refractivity contribution in [2.75, 3.05) is 44.4 Å². The topological polar surface area (TPSA) is 85.0 Å². The predicted molar refractivity (Wildman–Crippen MR) is 105 cm³/mol. The maximum atomic E-state index is 5.89. The summed E-state index contributed by atoms with van der Waals surface area (Å²) < 4.78 is 10.9. The molecule has 1 aromatic rings. The molecule has 0 spiro atoms. The molecule has 2 aliphatic heterocycles. The van der Waals surface area contributed by atoms with E-state index < -0.39 is 0 Å². The first-order valence-electron chi connectivity index (χ1n) is 8.24. The molecular weight excluding hydrogens is 421 g/mol. The molecular formula is C16H26IN5O2. The first-order chi connectivity index (χ1) is 11.3. The number of aromatic nitrogens is 1. The van der Waals surface area contributed by atoms with E-state index in [1.165, 1.54) is 0 Å². The van der Waals surface area contributed by atoms with Crippen molar-refractivity contribution in [3.05, 3.63) is 23.9 Å². The molecule has 0 radical (unpaired) electrons. The van der Waals surface area contributed by atoms with Gasteiger partial charge in [-0.15, -0.1) is 24.0 Å². The van der Waals surface area contributed by atoms with Crippen molar-refractivity contribution in [2.45, 2.75) is 25.5 Å². The number of hydrogen-bond acceptors (Lipinski definition) is 5. The Balaban J connectivity index is 0.00000208. The average molecular weight is 447 g/mol. The van der Waals surface area contributed by atoms with Gasteiger partial charge < -0.3 is 25.4 Å². The number of pyridine rings is 1. The number of rotatable bonds is 5. The molecule has 3 rings (SSSR count). The third kappa shape index (κ3) is 5.75. The average Bonchev–Trinajstić information content (AvgIpc) is 3.13. The molecule has 24 heavy (non-hydrogen) atoms. The molecule has 1 aromatic heterocycles. The molecule has 0 amide bonds. The highest BCUT2D eigenvalue weighted by Gasteiger charge is 2.15. The van der Waals surface area contributed by atoms with Gasteiger partial charge in [-0.1, -0.05) is 6.07 Å². The molecule has 0 aliphatic carbocycles. The first-order valence-corrected chi connectivity index (χ1v) is 8.24. The van der Waals surface area contributed by atoms with E-state index in [2.05, 4.69) is 26.3 Å². The maximum absolute atomic E-state index is 5.89. The quantitative estimate of drug-likeness (QED) is 0.400. The molecule has 1 atom stereocenters. The summed E-state index contributed by atoms with van der Waals surface area (Å²) in [6.45, 7) is 5.42. The van der Waals surface area contributed by atoms with Gasteiger partial charge in [-0.3, -0.25) is 0 Å². The number of nitrogens with zero attached hydrogens (tertiary/aromatic N) is 3. The van der Waals surface area contributed by atoms with E-state index in [4.69, 9.17) is 15.2 Å². The van der Waals surface area contributed by atoms with Gasteiger partial charge in [0.25, 0.3) is 0 Å². The second-order valence-corrected chi connectivity index (χ2v) is 5.84. The van der Waals surface area contributed by atoms with Crippen molar-refractivity contribution >= 4 is 35.8 Å². The second-order valence-electron chi connectivity index (χ2n) is 5.84. The molecule has 134 valence electrons. The molecule has 2 aliphatic rings. The number of morpholine rings is 1. The lowest BCUT2D eigenvalue weighted by atomic mass is 10.2. The van der Waals surface area contributed by atoms with E-state index in [9.17, 15) is 0 Å². The van der Waals surface area contributed by atoms with Gasteiger partial charge in [0.2, 0.25) is 0 Å². The van der Waals surface area contributed by atoms with Crippen LogP contribution in [0.1, 0.15) is 18.4 Å². The van der Waals surface area contributed by atoms with E-state index in [0.29, 0.717) is 12.5 Å². The SMILES string of the molecule is I.NC(=NCc1ccc(N2CCOCC2)nc1)NCC1CCCO1. The largest absolute Gasteiger partial charge is 0.378 e. The number of hydrogen-bond donors (Lipinski definition) is 2. The van der Waals surface area contributed by atoms with Gasteiger partial charge in [-0.2, -0.15) is 0 Å². The summed E-state index contributed by atoms with van der Waals surface area (Å²) in [7, 11) is 0. The van der Waals surface area contributed by atoms with Gasteiger partial charge in [0, 0.05) is 32.4 Å². The third-order valence-corrected chi connectivity index (χ3v) is 4.11. The fourth-order valence-corrected chi connectivity index (χ4v) is 2.75. The van der Waals surface area contributed by atoms with Gasteiger partial charge in [0.1, 0.15) is 5.82 Å². The van der Waals surface area contributed by atoms with Crippen molar-refractivity contribution in [2.24, 2.45) is 10.7 Å². The van der Waals surface area contributed by atoms with Crippen LogP contribution in [-0.4, -0.2) is 56.5 Å². The number of ether oxygens (including phenoxy) is 2. The summed E-state index contributed by atoms with van der Waals surface area (Å²) in [4.78, 5) is 11.1. The summed E-state index contributed by atoms with van der Waals surface area (Å²) in [5.41, 5.74) is 6.93. The molecule has 0 bridgehead atoms. The molecule has 0 aromatic carbocycles. The van der Waals surface area contributed by atoms with E-state index in [1.54, 1.807) is 0 Å². The maximum Gasteiger partial charge on any atom is 0.189 e. The van der Waals surface area contributed by atoms with E-state index in [0.717, 1.165) is 63.7 Å². The van der Waals surface area contributed by atoms with Gasteiger partial charge in [-0.05, 0) is 24.5 Å². The number of nitrogens with two attached hydrogens (primary N) is 1. The van der Waals surface area contributed by atoms with Crippen molar-refractivity contribution in [3.8, 4) is 0 Å². The molecule has 1 unspecified atom stereocenters. The van der Waals surface area contributed by atoms with Crippen LogP contribution in [0.2, 0.25) is 0 Å². The molecule has 2 fully saturated rings. The molecule has 3 N–H and O–H groups in total. The lowest BCUT2D eigenvalue weighted by Gasteiger charge is -2.27. The zero-order valence-electron chi connectivity index (χ0n) is 13.8. The third-order valence-electron chi connectivity index (χ3n) is 4.11. The summed E-state index contributed by atoms with van der Waals surface area (Å²) in [6, 6.07) is 4.08. The van der Waals surface area contributed by atoms with Crippen LogP contribution in [0.25, 0.3) is 0 Å². The highest BCUT2D eigenvalue weighted by Crippen LogP contribution is 2.13. The van der Waals surface area contributed by atoms with Crippen molar-refractivity contribution in [1.82, 2.24) is 10.3 Å². The van der Waals surface area contributed by atoms with Gasteiger partial charge in [-0.25, -0.2) is 9.98 Å². The van der Waals surface area contributed by atoms with Crippen molar-refractivity contribution < 1.29 is 9.47 Å². The van der Waals surface area contributed by atoms with E-state index in [-0.39, 0.29) is 30.1 Å². The Morgan fingerprint density at radius 1 is 1.33 bits per heavy atom. The lowest BCUT2D eigenvalue weighted by Crippen LogP contribution is -2.37. The van der Waals surface area contributed by atoms with Crippen LogP contribution < -0.4 is 16.0 Å². The van der Waals surface area contributed by atoms with Gasteiger partial charge in [0.05, 0.1) is 25.9 Å². The molecule has 8 heteroatoms. The smallest absolute Gasteiger partial charge is 0.189 e. The Kier molecular flexibility index (Phi) is 8.00. The minimum atomic E-state index is 0. The first kappa shape index (κ1) is 19.2. The summed E-state index contributed by atoms with van der Waals surface area (Å²) in [6.07, 6.45) is 4.34. The minimum absolute atomic E-state index is 0. The zero-order valence-corrected chi connectivity index (χ0v) is 16.1. The van der Waals surface area contributed by atoms with E-state index >= 15 is 0 Å². The number of anilines is 1. The Morgan fingerprint density at radius 3 is 2.83 bits per heavy atom. The fraction of sp³-hybridized carbons (Fsp3) is 0.625. The van der Waals surface area contributed by atoms with Crippen LogP contribution in [-0.2, 0) is 16.0 Å². The van der Waals surface area contributed by atoms with Gasteiger partial charge in [0.15, 0.2) is 5.96 Å². The fourth-order valence-electron chi connectivity index (χ4n) is 2.75. The van der Waals surface area contributed by atoms with Crippen LogP contribution in [0.4, 0.5) is 5.82 Å². The summed E-state index contributed by atoms with van der Waals surface area (Å²) in [5, 5.41) is 3.12. The highest BCUT2D eigenvalue weighted by molar-refractivity contribution is 14.0. The number of aliphatic imine (C=N–C) groups is 1. The Labute approximate surface area is 160 Å². The van der Waals surface area contributed by atoms with Gasteiger partial charge >= 0.3 is 0 Å². The van der Waals surface area contributed by atoms with Crippen LogP contribution in [0.15, 0.2) is 23.3 Å². The second kappa shape index (κ2) is 10.00. The number of nitrogens with one attached hydrogen (secondary N) is 1. The Hall–Kier alpha value is -1.13. The van der Waals surface area contributed by atoms with Crippen molar-refractivity contribution in [1.29, 1.82) is 0 Å². The number of guanidine groups is 1. The van der Waals surface area contributed by atoms with Crippen LogP contribution in [0, 0.1) is 0 Å². The number of halogens is 1. The Bertz CT molecular complexity index is 514. The minimum Gasteiger partial charge on any atom is -0.378 e. The van der Waals surface area contributed by atoms with Crippen LogP contribution in [0.5, 0.6) is 0 Å². The highest BCUT2D eigenvalue weighted by atomic mass is 127. The zero-order chi connectivity index (χ0) is 15.9. The Morgan fingerprint density at radius 2 is 2.17 bits per heavy atom. The normalized spacial score (nSPS) is 21.4. The molecule has 3 heterocycles. The van der Waals surface area contributed by atoms with Crippen LogP contribution >= 0.6 is 24.0 Å². The summed E-state index contributed by atoms with van der Waals surface area (Å²) >= 11 is 0. The summed E-state index contributed by atoms with van der Waals surface area (Å²) in [5.74, 6) is 1.45. The van der Waals surface area contributed by atoms with Crippen LogP contribution in [0.3, 0.4) is 0 Å². The van der Waals surface area contributed by atoms with E-state index in [1.807, 2.05) is 12.3 Å². The monoisotopic (exact) mass is 447 g/mol. The lowest BCUT2D eigenvalue weighted by molar-refractivity contribution is 0.114. The standard InChI is InChI=1S/C16H25N5O2.HI/c17-16(20-12-14-2-1-7-23-14)19-11-13-3-4-15(18-10-13)21-5-8-22-9-6-21;/h3-4,10,14H,1-2,5-9,11-12H2,(H3,17,19,20);1H. The molecule has 2 saturated heterocycles. The predicted octanol–water partition coefficient (Wildman–Crippen LogP) is 1.12. The molecule has 0 saturated carbocycles. The van der Waals surface area contributed by atoms with Crippen molar-refractivity contribution in [3.63, 3.8) is 0 Å².